The van der Waals surface area contributed by atoms with E-state index in [-0.39, 0.29) is 16.9 Å². The lowest BCUT2D eigenvalue weighted by Gasteiger charge is -2.20. The van der Waals surface area contributed by atoms with Crippen LogP contribution in [0.2, 0.25) is 5.15 Å². The molecule has 4 aromatic rings. The van der Waals surface area contributed by atoms with Crippen molar-refractivity contribution in [2.45, 2.75) is 40.2 Å². The quantitative estimate of drug-likeness (QED) is 0.440. The Labute approximate surface area is 178 Å². The molecule has 0 saturated heterocycles. The molecule has 30 heavy (non-hydrogen) atoms. The number of benzene rings is 1. The minimum Gasteiger partial charge on any atom is -0.476 e. The molecule has 0 bridgehead atoms. The van der Waals surface area contributed by atoms with E-state index in [9.17, 15) is 9.90 Å². The maximum atomic E-state index is 11.6. The van der Waals surface area contributed by atoms with E-state index in [4.69, 9.17) is 21.6 Å². The summed E-state index contributed by atoms with van der Waals surface area (Å²) in [6.45, 7) is 8.04. The van der Waals surface area contributed by atoms with Crippen LogP contribution in [0.25, 0.3) is 16.6 Å². The molecule has 2 N–H and O–H groups in total. The van der Waals surface area contributed by atoms with Crippen LogP contribution in [0.5, 0.6) is 0 Å². The van der Waals surface area contributed by atoms with E-state index in [1.807, 2.05) is 31.4 Å². The zero-order valence-electron chi connectivity index (χ0n) is 17.2. The van der Waals surface area contributed by atoms with Gasteiger partial charge in [-0.25, -0.2) is 19.7 Å². The molecule has 0 fully saturated rings. The van der Waals surface area contributed by atoms with E-state index in [0.717, 1.165) is 45.6 Å². The van der Waals surface area contributed by atoms with Gasteiger partial charge in [-0.15, -0.1) is 0 Å². The van der Waals surface area contributed by atoms with Crippen molar-refractivity contribution in [1.82, 2.24) is 19.4 Å². The minimum absolute atomic E-state index is 0.111. The van der Waals surface area contributed by atoms with E-state index in [1.54, 1.807) is 12.1 Å². The van der Waals surface area contributed by atoms with Gasteiger partial charge in [-0.05, 0) is 44.5 Å². The average molecular weight is 424 g/mol. The highest BCUT2D eigenvalue weighted by atomic mass is 35.5. The normalized spacial score (nSPS) is 12.4. The molecule has 3 heterocycles. The van der Waals surface area contributed by atoms with Crippen LogP contribution in [0.1, 0.15) is 53.0 Å². The van der Waals surface area contributed by atoms with Gasteiger partial charge >= 0.3 is 5.97 Å². The molecule has 0 aliphatic heterocycles. The molecule has 0 spiro atoms. The third-order valence-electron chi connectivity index (χ3n) is 5.09. The number of fused-ring (bicyclic) bond motifs is 3. The number of hydrogen-bond acceptors (Lipinski definition) is 5. The molecule has 0 radical (unpaired) electrons. The number of aromatic carboxylic acids is 1. The Hall–Kier alpha value is -3.19. The molecule has 0 saturated carbocycles. The number of aryl methyl sites for hydroxylation is 3. The Bertz CT molecular complexity index is 1300. The maximum absolute atomic E-state index is 11.6. The van der Waals surface area contributed by atoms with Crippen molar-refractivity contribution < 1.29 is 9.90 Å². The number of carbonyl (C=O) groups is 1. The van der Waals surface area contributed by atoms with Crippen molar-refractivity contribution in [3.8, 4) is 0 Å². The molecule has 0 amide bonds. The second-order valence-electron chi connectivity index (χ2n) is 7.41. The summed E-state index contributed by atoms with van der Waals surface area (Å²) in [7, 11) is 0. The topological polar surface area (TPSA) is 92.4 Å². The van der Waals surface area contributed by atoms with Gasteiger partial charge in [-0.2, -0.15) is 0 Å². The highest BCUT2D eigenvalue weighted by molar-refractivity contribution is 6.29. The van der Waals surface area contributed by atoms with Crippen LogP contribution in [-0.2, 0) is 6.42 Å². The average Bonchev–Trinajstić information content (AvgIpc) is 3.09. The minimum atomic E-state index is -1.14. The molecule has 0 aliphatic rings. The van der Waals surface area contributed by atoms with Crippen molar-refractivity contribution in [3.05, 3.63) is 64.0 Å². The van der Waals surface area contributed by atoms with Crippen LogP contribution in [0.4, 0.5) is 5.69 Å². The van der Waals surface area contributed by atoms with Gasteiger partial charge in [-0.3, -0.25) is 4.40 Å². The van der Waals surface area contributed by atoms with Crippen molar-refractivity contribution in [2.75, 3.05) is 5.32 Å². The Morgan fingerprint density at radius 1 is 1.23 bits per heavy atom. The fourth-order valence-corrected chi connectivity index (χ4v) is 3.92. The largest absolute Gasteiger partial charge is 0.476 e. The van der Waals surface area contributed by atoms with E-state index < -0.39 is 5.97 Å². The monoisotopic (exact) mass is 423 g/mol. The van der Waals surface area contributed by atoms with Crippen molar-refractivity contribution in [2.24, 2.45) is 0 Å². The molecule has 4 rings (SSSR count). The molecule has 7 nitrogen and oxygen atoms in total. The second-order valence-corrected chi connectivity index (χ2v) is 7.80. The number of nitrogens with zero attached hydrogens (tertiary/aromatic N) is 4. The molecular formula is C22H22ClN5O2. The van der Waals surface area contributed by atoms with Crippen LogP contribution >= 0.6 is 11.6 Å². The highest BCUT2D eigenvalue weighted by Crippen LogP contribution is 2.31. The zero-order valence-corrected chi connectivity index (χ0v) is 17.9. The number of anilines is 1. The number of hydrogen-bond donors (Lipinski definition) is 2. The van der Waals surface area contributed by atoms with E-state index >= 15 is 0 Å². The van der Waals surface area contributed by atoms with Crippen molar-refractivity contribution in [1.29, 1.82) is 0 Å². The molecule has 154 valence electrons. The summed E-state index contributed by atoms with van der Waals surface area (Å²) in [4.78, 5) is 25.2. The SMILES string of the molecule is CCc1nc2c(C(C)Nc3ccc(Cl)nc3C(=O)O)cc(C)cc2c2nc(C)cn12. The fourth-order valence-electron chi connectivity index (χ4n) is 3.77. The van der Waals surface area contributed by atoms with Crippen molar-refractivity contribution in [3.63, 3.8) is 0 Å². The number of aromatic nitrogens is 4. The van der Waals surface area contributed by atoms with Crippen LogP contribution < -0.4 is 5.32 Å². The van der Waals surface area contributed by atoms with E-state index in [1.165, 1.54) is 0 Å². The summed E-state index contributed by atoms with van der Waals surface area (Å²) < 4.78 is 2.05. The van der Waals surface area contributed by atoms with Gasteiger partial charge in [0.2, 0.25) is 0 Å². The Kier molecular flexibility index (Phi) is 5.07. The summed E-state index contributed by atoms with van der Waals surface area (Å²) in [6, 6.07) is 7.15. The van der Waals surface area contributed by atoms with Crippen LogP contribution in [0, 0.1) is 13.8 Å². The first kappa shape index (κ1) is 20.1. The number of carboxylic acids is 1. The number of pyridine rings is 1. The van der Waals surface area contributed by atoms with Gasteiger partial charge in [0.1, 0.15) is 16.6 Å². The lowest BCUT2D eigenvalue weighted by atomic mass is 10.0. The molecule has 8 heteroatoms. The first-order chi connectivity index (χ1) is 14.3. The van der Waals surface area contributed by atoms with Crippen LogP contribution in [-0.4, -0.2) is 30.4 Å². The van der Waals surface area contributed by atoms with Crippen LogP contribution in [0.15, 0.2) is 30.5 Å². The first-order valence-electron chi connectivity index (χ1n) is 9.73. The lowest BCUT2D eigenvalue weighted by molar-refractivity contribution is 0.0691. The Morgan fingerprint density at radius 2 is 2.00 bits per heavy atom. The number of rotatable bonds is 5. The van der Waals surface area contributed by atoms with Gasteiger partial charge in [0.05, 0.1) is 22.9 Å². The maximum Gasteiger partial charge on any atom is 0.356 e. The smallest absolute Gasteiger partial charge is 0.356 e. The fraction of sp³-hybridized carbons (Fsp3) is 0.273. The number of nitrogens with one attached hydrogen (secondary N) is 1. The number of halogens is 1. The third kappa shape index (κ3) is 3.45. The van der Waals surface area contributed by atoms with Gasteiger partial charge < -0.3 is 10.4 Å². The molecule has 1 atom stereocenters. The summed E-state index contributed by atoms with van der Waals surface area (Å²) in [5.41, 5.74) is 5.01. The zero-order chi connectivity index (χ0) is 21.6. The second kappa shape index (κ2) is 7.57. The first-order valence-corrected chi connectivity index (χ1v) is 10.1. The molecule has 1 aromatic carbocycles. The van der Waals surface area contributed by atoms with Gasteiger partial charge in [-0.1, -0.05) is 24.6 Å². The third-order valence-corrected chi connectivity index (χ3v) is 5.30. The van der Waals surface area contributed by atoms with E-state index in [2.05, 4.69) is 29.4 Å². The summed E-state index contributed by atoms with van der Waals surface area (Å²) in [5.74, 6) is -0.211. The lowest BCUT2D eigenvalue weighted by Crippen LogP contribution is -2.13. The Balaban J connectivity index is 1.88. The summed E-state index contributed by atoms with van der Waals surface area (Å²) in [5, 5.41) is 13.9. The number of carboxylic acid groups (broad SMARTS) is 1. The van der Waals surface area contributed by atoms with Gasteiger partial charge in [0.15, 0.2) is 5.69 Å². The van der Waals surface area contributed by atoms with Crippen LogP contribution in [0.3, 0.4) is 0 Å². The highest BCUT2D eigenvalue weighted by Gasteiger charge is 2.19. The summed E-state index contributed by atoms with van der Waals surface area (Å²) in [6.07, 6.45) is 2.77. The molecular weight excluding hydrogens is 402 g/mol. The Morgan fingerprint density at radius 3 is 2.70 bits per heavy atom. The predicted molar refractivity (Wildman–Crippen MR) is 118 cm³/mol. The summed E-state index contributed by atoms with van der Waals surface area (Å²) >= 11 is 5.88. The van der Waals surface area contributed by atoms with E-state index in [0.29, 0.717) is 5.69 Å². The standard InChI is InChI=1S/C22H22ClN5O2/c1-5-18-27-19-14(8-11(2)9-15(19)21-24-12(3)10-28(18)21)13(4)25-16-6-7-17(23)26-20(16)22(29)30/h6-10,13,25H,5H2,1-4H3,(H,29,30). The van der Waals surface area contributed by atoms with Gasteiger partial charge in [0.25, 0.3) is 0 Å². The number of imidazole rings is 1. The van der Waals surface area contributed by atoms with Crippen molar-refractivity contribution >= 4 is 39.8 Å². The molecule has 1 unspecified atom stereocenters. The molecule has 0 aliphatic carbocycles. The molecule has 3 aromatic heterocycles. The van der Waals surface area contributed by atoms with Gasteiger partial charge in [0, 0.05) is 23.6 Å². The predicted octanol–water partition coefficient (Wildman–Crippen LogP) is 4.98.